The molecule has 1 aromatic heterocycles. The molecule has 0 amide bonds. The van der Waals surface area contributed by atoms with E-state index in [2.05, 4.69) is 27.5 Å². The number of aliphatic hydroxyl groups is 1. The van der Waals surface area contributed by atoms with Crippen LogP contribution in [0.3, 0.4) is 0 Å². The second-order valence-corrected chi connectivity index (χ2v) is 8.30. The SMILES string of the molecule is O=C1C[C@H](c2cccc(Cl)c2)[C@H](n2cncn2)C(O)=C1[C@H]1[NH2+]CCc2ccccc21. The van der Waals surface area contributed by atoms with Gasteiger partial charge >= 0.3 is 0 Å². The average molecular weight is 422 g/mol. The van der Waals surface area contributed by atoms with E-state index in [1.165, 1.54) is 11.9 Å². The van der Waals surface area contributed by atoms with Crippen molar-refractivity contribution < 1.29 is 15.2 Å². The van der Waals surface area contributed by atoms with Gasteiger partial charge in [0.25, 0.3) is 0 Å². The number of aromatic nitrogens is 3. The van der Waals surface area contributed by atoms with Crippen LogP contribution in [0.15, 0.2) is 72.5 Å². The molecule has 1 aliphatic heterocycles. The molecule has 3 atom stereocenters. The van der Waals surface area contributed by atoms with Gasteiger partial charge in [-0.05, 0) is 23.3 Å². The molecule has 3 aromatic rings. The van der Waals surface area contributed by atoms with Gasteiger partial charge in [-0.15, -0.1) is 0 Å². The number of hydrogen-bond acceptors (Lipinski definition) is 4. The fourth-order valence-corrected chi connectivity index (χ4v) is 5.02. The molecule has 1 aliphatic carbocycles. The number of allylic oxidation sites excluding steroid dienone is 1. The maximum atomic E-state index is 13.4. The molecule has 30 heavy (non-hydrogen) atoms. The van der Waals surface area contributed by atoms with Crippen molar-refractivity contribution in [3.63, 3.8) is 0 Å². The highest BCUT2D eigenvalue weighted by Gasteiger charge is 2.44. The Labute approximate surface area is 179 Å². The van der Waals surface area contributed by atoms with Gasteiger partial charge in [-0.25, -0.2) is 9.67 Å². The Hall–Kier alpha value is -2.96. The number of nitrogens with two attached hydrogens (primary N) is 1. The fourth-order valence-electron chi connectivity index (χ4n) is 4.83. The highest BCUT2D eigenvalue weighted by Crippen LogP contribution is 2.44. The van der Waals surface area contributed by atoms with Gasteiger partial charge < -0.3 is 10.4 Å². The molecule has 2 aliphatic rings. The quantitative estimate of drug-likeness (QED) is 0.681. The minimum atomic E-state index is -0.513. The van der Waals surface area contributed by atoms with E-state index in [1.54, 1.807) is 17.1 Å². The highest BCUT2D eigenvalue weighted by molar-refractivity contribution is 6.30. The molecule has 0 unspecified atom stereocenters. The van der Waals surface area contributed by atoms with E-state index in [9.17, 15) is 9.90 Å². The number of hydrogen-bond donors (Lipinski definition) is 2. The van der Waals surface area contributed by atoms with E-state index in [0.717, 1.165) is 24.1 Å². The molecule has 0 saturated heterocycles. The third-order valence-corrected chi connectivity index (χ3v) is 6.39. The van der Waals surface area contributed by atoms with Gasteiger partial charge in [0.05, 0.1) is 12.1 Å². The summed E-state index contributed by atoms with van der Waals surface area (Å²) < 4.78 is 1.64. The topological polar surface area (TPSA) is 84.6 Å². The van der Waals surface area contributed by atoms with Gasteiger partial charge in [0.2, 0.25) is 0 Å². The van der Waals surface area contributed by atoms with E-state index in [0.29, 0.717) is 10.6 Å². The summed E-state index contributed by atoms with van der Waals surface area (Å²) in [4.78, 5) is 17.5. The van der Waals surface area contributed by atoms with Gasteiger partial charge in [0.1, 0.15) is 30.5 Å². The second-order valence-electron chi connectivity index (χ2n) is 7.86. The predicted molar refractivity (Wildman–Crippen MR) is 112 cm³/mol. The number of carbonyl (C=O) groups excluding carboxylic acids is 1. The number of aliphatic hydroxyl groups excluding tert-OH is 1. The fraction of sp³-hybridized carbons (Fsp3) is 0.261. The van der Waals surface area contributed by atoms with Crippen LogP contribution < -0.4 is 5.32 Å². The van der Waals surface area contributed by atoms with Crippen LogP contribution in [-0.2, 0) is 11.2 Å². The number of carbonyl (C=O) groups is 1. The van der Waals surface area contributed by atoms with Crippen LogP contribution in [0.25, 0.3) is 0 Å². The smallest absolute Gasteiger partial charge is 0.169 e. The number of halogens is 1. The van der Waals surface area contributed by atoms with Gasteiger partial charge in [0, 0.05) is 29.3 Å². The Kier molecular flexibility index (Phi) is 4.89. The van der Waals surface area contributed by atoms with Crippen LogP contribution in [0.5, 0.6) is 0 Å². The zero-order valence-corrected chi connectivity index (χ0v) is 17.0. The third kappa shape index (κ3) is 3.22. The summed E-state index contributed by atoms with van der Waals surface area (Å²) >= 11 is 6.22. The highest BCUT2D eigenvalue weighted by atomic mass is 35.5. The molecule has 2 aromatic carbocycles. The summed E-state index contributed by atoms with van der Waals surface area (Å²) in [6, 6.07) is 14.9. The van der Waals surface area contributed by atoms with Crippen LogP contribution in [-0.4, -0.2) is 32.2 Å². The minimum Gasteiger partial charge on any atom is -0.509 e. The number of quaternary nitrogens is 1. The summed E-state index contributed by atoms with van der Waals surface area (Å²) in [6.07, 6.45) is 4.26. The Morgan fingerprint density at radius 3 is 2.83 bits per heavy atom. The molecule has 2 heterocycles. The number of nitrogens with zero attached hydrogens (tertiary/aromatic N) is 3. The lowest BCUT2D eigenvalue weighted by molar-refractivity contribution is -0.690. The van der Waals surface area contributed by atoms with Crippen molar-refractivity contribution in [3.05, 3.63) is 94.2 Å². The minimum absolute atomic E-state index is 0.0354. The Bertz CT molecular complexity index is 1130. The molecule has 7 heteroatoms. The maximum absolute atomic E-state index is 13.4. The lowest BCUT2D eigenvalue weighted by atomic mass is 9.75. The molecular weight excluding hydrogens is 400 g/mol. The lowest BCUT2D eigenvalue weighted by Gasteiger charge is -2.35. The molecule has 0 fully saturated rings. The van der Waals surface area contributed by atoms with Gasteiger partial charge in [-0.1, -0.05) is 48.0 Å². The molecule has 3 N–H and O–H groups in total. The van der Waals surface area contributed by atoms with Crippen LogP contribution >= 0.6 is 11.6 Å². The van der Waals surface area contributed by atoms with E-state index in [-0.39, 0.29) is 29.9 Å². The Balaban J connectivity index is 1.65. The summed E-state index contributed by atoms with van der Waals surface area (Å²) in [5, 5.41) is 18.5. The monoisotopic (exact) mass is 421 g/mol. The van der Waals surface area contributed by atoms with Crippen LogP contribution in [0.2, 0.25) is 5.02 Å². The van der Waals surface area contributed by atoms with Crippen molar-refractivity contribution in [3.8, 4) is 0 Å². The largest absolute Gasteiger partial charge is 0.509 e. The first-order chi connectivity index (χ1) is 14.6. The van der Waals surface area contributed by atoms with Crippen molar-refractivity contribution in [2.24, 2.45) is 0 Å². The number of ketones is 1. The standard InChI is InChI=1S/C23H21ClN4O2/c24-16-6-3-5-15(10-16)18-11-19(29)20(23(30)22(18)28-13-25-12-27-28)21-17-7-2-1-4-14(17)8-9-26-21/h1-7,10,12-13,18,21-22,26,30H,8-9,11H2/p+1/t18-,21+,22+/m1/s1. The molecule has 152 valence electrons. The molecule has 0 bridgehead atoms. The van der Waals surface area contributed by atoms with Crippen molar-refractivity contribution >= 4 is 17.4 Å². The molecule has 0 spiro atoms. The summed E-state index contributed by atoms with van der Waals surface area (Å²) in [5.41, 5.74) is 3.69. The zero-order chi connectivity index (χ0) is 20.7. The predicted octanol–water partition coefficient (Wildman–Crippen LogP) is 2.90. The first-order valence-electron chi connectivity index (χ1n) is 10.1. The van der Waals surface area contributed by atoms with Crippen molar-refractivity contribution in [1.29, 1.82) is 0 Å². The molecular formula is C23H22ClN4O2+. The van der Waals surface area contributed by atoms with Crippen LogP contribution in [0.1, 0.15) is 41.1 Å². The second kappa shape index (κ2) is 7.70. The van der Waals surface area contributed by atoms with Gasteiger partial charge in [0.15, 0.2) is 5.78 Å². The van der Waals surface area contributed by atoms with Gasteiger partial charge in [-0.3, -0.25) is 4.79 Å². The molecule has 0 saturated carbocycles. The van der Waals surface area contributed by atoms with Crippen molar-refractivity contribution in [2.45, 2.75) is 30.8 Å². The summed E-state index contributed by atoms with van der Waals surface area (Å²) in [7, 11) is 0. The van der Waals surface area contributed by atoms with E-state index in [4.69, 9.17) is 11.6 Å². The Morgan fingerprint density at radius 2 is 2.03 bits per heavy atom. The van der Waals surface area contributed by atoms with Crippen LogP contribution in [0.4, 0.5) is 0 Å². The summed E-state index contributed by atoms with van der Waals surface area (Å²) in [5.74, 6) is -0.244. The molecule has 6 nitrogen and oxygen atoms in total. The molecule has 0 radical (unpaired) electrons. The third-order valence-electron chi connectivity index (χ3n) is 6.16. The molecule has 5 rings (SSSR count). The van der Waals surface area contributed by atoms with E-state index in [1.807, 2.05) is 30.3 Å². The van der Waals surface area contributed by atoms with Gasteiger partial charge in [-0.2, -0.15) is 5.10 Å². The number of rotatable bonds is 3. The van der Waals surface area contributed by atoms with E-state index >= 15 is 0 Å². The van der Waals surface area contributed by atoms with Crippen molar-refractivity contribution in [2.75, 3.05) is 6.54 Å². The van der Waals surface area contributed by atoms with E-state index < -0.39 is 6.04 Å². The van der Waals surface area contributed by atoms with Crippen LogP contribution in [0, 0.1) is 0 Å². The first-order valence-corrected chi connectivity index (χ1v) is 10.5. The normalized spacial score (nSPS) is 24.0. The first kappa shape index (κ1) is 19.0. The number of fused-ring (bicyclic) bond motifs is 1. The summed E-state index contributed by atoms with van der Waals surface area (Å²) in [6.45, 7) is 0.872. The number of Topliss-reactive ketones (excluding diaryl/α,β-unsaturated/α-hetero) is 1. The van der Waals surface area contributed by atoms with Crippen molar-refractivity contribution in [1.82, 2.24) is 14.8 Å². The zero-order valence-electron chi connectivity index (χ0n) is 16.3. The average Bonchev–Trinajstić information content (AvgIpc) is 3.28. The Morgan fingerprint density at radius 1 is 1.17 bits per heavy atom. The lowest BCUT2D eigenvalue weighted by Crippen LogP contribution is -2.88. The number of benzene rings is 2. The maximum Gasteiger partial charge on any atom is 0.169 e.